The van der Waals surface area contributed by atoms with Crippen LogP contribution in [0.5, 0.6) is 0 Å². The van der Waals surface area contributed by atoms with Gasteiger partial charge in [0.2, 0.25) is 5.82 Å². The number of aryl methyl sites for hydroxylation is 2. The standard InChI is InChI=1S/C10H12N4O4/c1-4-5-7(10(15)16)11-9-8(14(17)18)6(2)12-13(9)3/h1,7,11H,5H2,2-3H3,(H,15,16). The van der Waals surface area contributed by atoms with Gasteiger partial charge >= 0.3 is 11.7 Å². The molecular weight excluding hydrogens is 240 g/mol. The van der Waals surface area contributed by atoms with Crippen molar-refractivity contribution in [2.24, 2.45) is 7.05 Å². The van der Waals surface area contributed by atoms with E-state index in [0.29, 0.717) is 0 Å². The molecule has 0 amide bonds. The molecule has 1 unspecified atom stereocenters. The van der Waals surface area contributed by atoms with Gasteiger partial charge in [-0.15, -0.1) is 12.3 Å². The molecule has 96 valence electrons. The van der Waals surface area contributed by atoms with Crippen molar-refractivity contribution in [1.29, 1.82) is 0 Å². The van der Waals surface area contributed by atoms with Crippen molar-refractivity contribution < 1.29 is 14.8 Å². The van der Waals surface area contributed by atoms with Gasteiger partial charge in [-0.05, 0) is 6.92 Å². The van der Waals surface area contributed by atoms with Gasteiger partial charge in [-0.3, -0.25) is 10.1 Å². The number of aromatic nitrogens is 2. The fourth-order valence-electron chi connectivity index (χ4n) is 1.51. The molecule has 2 N–H and O–H groups in total. The van der Waals surface area contributed by atoms with E-state index < -0.39 is 16.9 Å². The summed E-state index contributed by atoms with van der Waals surface area (Å²) < 4.78 is 1.22. The van der Waals surface area contributed by atoms with Gasteiger partial charge in [-0.2, -0.15) is 5.10 Å². The Morgan fingerprint density at radius 3 is 2.83 bits per heavy atom. The highest BCUT2D eigenvalue weighted by molar-refractivity contribution is 5.78. The van der Waals surface area contributed by atoms with E-state index in [-0.39, 0.29) is 23.6 Å². The number of hydrogen-bond acceptors (Lipinski definition) is 5. The molecule has 1 atom stereocenters. The average molecular weight is 252 g/mol. The molecule has 8 heteroatoms. The van der Waals surface area contributed by atoms with Gasteiger partial charge in [0.05, 0.1) is 4.92 Å². The highest BCUT2D eigenvalue weighted by atomic mass is 16.6. The van der Waals surface area contributed by atoms with Gasteiger partial charge in [0.15, 0.2) is 0 Å². The van der Waals surface area contributed by atoms with Gasteiger partial charge in [-0.25, -0.2) is 9.48 Å². The number of carbonyl (C=O) groups is 1. The van der Waals surface area contributed by atoms with Gasteiger partial charge < -0.3 is 10.4 Å². The number of carboxylic acids is 1. The Hall–Kier alpha value is -2.56. The predicted octanol–water partition coefficient (Wildman–Crippen LogP) is 0.525. The maximum Gasteiger partial charge on any atom is 0.333 e. The molecule has 0 spiro atoms. The zero-order valence-corrected chi connectivity index (χ0v) is 9.88. The molecule has 0 radical (unpaired) electrons. The summed E-state index contributed by atoms with van der Waals surface area (Å²) in [6.07, 6.45) is 4.97. The van der Waals surface area contributed by atoms with Crippen molar-refractivity contribution in [3.63, 3.8) is 0 Å². The smallest absolute Gasteiger partial charge is 0.333 e. The number of terminal acetylenes is 1. The molecule has 0 bridgehead atoms. The topological polar surface area (TPSA) is 110 Å². The van der Waals surface area contributed by atoms with E-state index in [2.05, 4.69) is 16.3 Å². The number of nitrogens with one attached hydrogen (secondary N) is 1. The molecular formula is C10H12N4O4. The van der Waals surface area contributed by atoms with Crippen LogP contribution in [0.2, 0.25) is 0 Å². The Morgan fingerprint density at radius 1 is 1.78 bits per heavy atom. The summed E-state index contributed by atoms with van der Waals surface area (Å²) in [6.45, 7) is 1.47. The quantitative estimate of drug-likeness (QED) is 0.449. The van der Waals surface area contributed by atoms with Crippen LogP contribution in [0.1, 0.15) is 12.1 Å². The summed E-state index contributed by atoms with van der Waals surface area (Å²) in [5, 5.41) is 26.2. The van der Waals surface area contributed by atoms with Crippen LogP contribution in [0, 0.1) is 29.4 Å². The van der Waals surface area contributed by atoms with Crippen LogP contribution in [-0.4, -0.2) is 31.8 Å². The lowest BCUT2D eigenvalue weighted by Crippen LogP contribution is -2.30. The molecule has 0 saturated heterocycles. The number of nitrogens with zero attached hydrogens (tertiary/aromatic N) is 3. The van der Waals surface area contributed by atoms with E-state index in [9.17, 15) is 14.9 Å². The molecule has 0 aliphatic heterocycles. The molecule has 1 aromatic heterocycles. The number of aliphatic carboxylic acids is 1. The van der Waals surface area contributed by atoms with Gasteiger partial charge in [0.25, 0.3) is 0 Å². The third-order valence-electron chi connectivity index (χ3n) is 2.30. The minimum absolute atomic E-state index is 0.0279. The highest BCUT2D eigenvalue weighted by Gasteiger charge is 2.27. The monoisotopic (exact) mass is 252 g/mol. The van der Waals surface area contributed by atoms with E-state index in [4.69, 9.17) is 11.5 Å². The zero-order valence-electron chi connectivity index (χ0n) is 9.88. The normalized spacial score (nSPS) is 11.6. The molecule has 1 rings (SSSR count). The molecule has 0 fully saturated rings. The van der Waals surface area contributed by atoms with Crippen molar-refractivity contribution >= 4 is 17.5 Å². The summed E-state index contributed by atoms with van der Waals surface area (Å²) in [5.74, 6) is 1.05. The lowest BCUT2D eigenvalue weighted by molar-refractivity contribution is -0.384. The second-order valence-corrected chi connectivity index (χ2v) is 3.61. The fourth-order valence-corrected chi connectivity index (χ4v) is 1.51. The van der Waals surface area contributed by atoms with Crippen molar-refractivity contribution in [3.05, 3.63) is 15.8 Å². The fraction of sp³-hybridized carbons (Fsp3) is 0.400. The van der Waals surface area contributed by atoms with E-state index in [1.165, 1.54) is 18.7 Å². The SMILES string of the molecule is C#CCC(Nc1c([N+](=O)[O-])c(C)nn1C)C(=O)O. The second kappa shape index (κ2) is 5.18. The van der Waals surface area contributed by atoms with Crippen molar-refractivity contribution in [2.45, 2.75) is 19.4 Å². The molecule has 1 heterocycles. The summed E-state index contributed by atoms with van der Waals surface area (Å²) in [7, 11) is 1.48. The molecule has 1 aromatic rings. The summed E-state index contributed by atoms with van der Waals surface area (Å²) in [4.78, 5) is 21.2. The van der Waals surface area contributed by atoms with Crippen LogP contribution < -0.4 is 5.32 Å². The van der Waals surface area contributed by atoms with E-state index >= 15 is 0 Å². The Morgan fingerprint density at radius 2 is 2.39 bits per heavy atom. The predicted molar refractivity (Wildman–Crippen MR) is 63.1 cm³/mol. The Kier molecular flexibility index (Phi) is 3.89. The number of anilines is 1. The Balaban J connectivity index is 3.14. The first kappa shape index (κ1) is 13.5. The molecule has 8 nitrogen and oxygen atoms in total. The maximum absolute atomic E-state index is 10.9. The van der Waals surface area contributed by atoms with Gasteiger partial charge in [0.1, 0.15) is 11.7 Å². The number of carboxylic acid groups (broad SMARTS) is 1. The summed E-state index contributed by atoms with van der Waals surface area (Å²) in [5.41, 5.74) is -0.0457. The van der Waals surface area contributed by atoms with E-state index in [0.717, 1.165) is 0 Å². The largest absolute Gasteiger partial charge is 0.480 e. The van der Waals surface area contributed by atoms with E-state index in [1.807, 2.05) is 0 Å². The number of nitro groups is 1. The minimum Gasteiger partial charge on any atom is -0.480 e. The third-order valence-corrected chi connectivity index (χ3v) is 2.30. The first-order valence-corrected chi connectivity index (χ1v) is 4.99. The molecule has 0 aromatic carbocycles. The van der Waals surface area contributed by atoms with Crippen LogP contribution in [-0.2, 0) is 11.8 Å². The summed E-state index contributed by atoms with van der Waals surface area (Å²) in [6, 6.07) is -1.09. The summed E-state index contributed by atoms with van der Waals surface area (Å²) >= 11 is 0. The highest BCUT2D eigenvalue weighted by Crippen LogP contribution is 2.28. The zero-order chi connectivity index (χ0) is 13.9. The molecule has 0 aliphatic carbocycles. The van der Waals surface area contributed by atoms with Crippen molar-refractivity contribution in [1.82, 2.24) is 9.78 Å². The first-order chi connectivity index (χ1) is 8.38. The van der Waals surface area contributed by atoms with Crippen molar-refractivity contribution in [3.8, 4) is 12.3 Å². The Labute approximate surface area is 103 Å². The molecule has 0 saturated carbocycles. The lowest BCUT2D eigenvalue weighted by atomic mass is 10.2. The van der Waals surface area contributed by atoms with Crippen molar-refractivity contribution in [2.75, 3.05) is 5.32 Å². The number of rotatable bonds is 5. The van der Waals surface area contributed by atoms with Crippen LogP contribution >= 0.6 is 0 Å². The van der Waals surface area contributed by atoms with Gasteiger partial charge in [0, 0.05) is 13.5 Å². The maximum atomic E-state index is 10.9. The van der Waals surface area contributed by atoms with Crippen LogP contribution in [0.4, 0.5) is 11.5 Å². The average Bonchev–Trinajstić information content (AvgIpc) is 2.52. The Bertz CT molecular complexity index is 529. The van der Waals surface area contributed by atoms with E-state index in [1.54, 1.807) is 0 Å². The minimum atomic E-state index is -1.18. The number of hydrogen-bond donors (Lipinski definition) is 2. The van der Waals surface area contributed by atoms with Gasteiger partial charge in [-0.1, -0.05) is 0 Å². The molecule has 18 heavy (non-hydrogen) atoms. The lowest BCUT2D eigenvalue weighted by Gasteiger charge is -2.12. The van der Waals surface area contributed by atoms with Crippen LogP contribution in [0.25, 0.3) is 0 Å². The third kappa shape index (κ3) is 2.57. The first-order valence-electron chi connectivity index (χ1n) is 4.99. The van der Waals surface area contributed by atoms with Crippen LogP contribution in [0.3, 0.4) is 0 Å². The van der Waals surface area contributed by atoms with Crippen LogP contribution in [0.15, 0.2) is 0 Å². The molecule has 0 aliphatic rings. The second-order valence-electron chi connectivity index (χ2n) is 3.61.